The topological polar surface area (TPSA) is 46.2 Å². The molecule has 3 nitrogen and oxygen atoms in total. The Bertz CT molecular complexity index is 221. The Kier molecular flexibility index (Phi) is 6.72. The summed E-state index contributed by atoms with van der Waals surface area (Å²) in [5.74, 6) is 0.488. The van der Waals surface area contributed by atoms with Crippen molar-refractivity contribution in [2.75, 3.05) is 6.54 Å². The lowest BCUT2D eigenvalue weighted by molar-refractivity contribution is -0.119. The van der Waals surface area contributed by atoms with Gasteiger partial charge in [0.2, 0.25) is 5.91 Å². The molecule has 1 unspecified atom stereocenters. The van der Waals surface area contributed by atoms with Gasteiger partial charge < -0.3 is 5.32 Å². The second-order valence-electron chi connectivity index (χ2n) is 3.52. The molecule has 0 aromatic carbocycles. The van der Waals surface area contributed by atoms with Gasteiger partial charge in [0.1, 0.15) is 0 Å². The van der Waals surface area contributed by atoms with Crippen LogP contribution in [-0.2, 0) is 9.59 Å². The van der Waals surface area contributed by atoms with Crippen molar-refractivity contribution in [3.63, 3.8) is 0 Å². The minimum Gasteiger partial charge on any atom is -0.353 e. The predicted octanol–water partition coefficient (Wildman–Crippen LogP) is 1.68. The number of allylic oxidation sites excluding steroid dienone is 1. The molecule has 0 radical (unpaired) electrons. The summed E-state index contributed by atoms with van der Waals surface area (Å²) >= 11 is 0. The summed E-state index contributed by atoms with van der Waals surface area (Å²) in [5.41, 5.74) is 0. The van der Waals surface area contributed by atoms with Crippen molar-refractivity contribution in [1.29, 1.82) is 0 Å². The van der Waals surface area contributed by atoms with Gasteiger partial charge in [0.05, 0.1) is 0 Å². The third kappa shape index (κ3) is 7.53. The first-order valence-electron chi connectivity index (χ1n) is 5.00. The van der Waals surface area contributed by atoms with Gasteiger partial charge in [-0.2, -0.15) is 0 Å². The lowest BCUT2D eigenvalue weighted by atomic mass is 10.0. The van der Waals surface area contributed by atoms with E-state index in [4.69, 9.17) is 0 Å². The van der Waals surface area contributed by atoms with E-state index >= 15 is 0 Å². The summed E-state index contributed by atoms with van der Waals surface area (Å²) < 4.78 is 0. The van der Waals surface area contributed by atoms with E-state index < -0.39 is 0 Å². The van der Waals surface area contributed by atoms with Crippen LogP contribution in [0.5, 0.6) is 0 Å². The Labute approximate surface area is 85.6 Å². The Morgan fingerprint density at radius 3 is 2.57 bits per heavy atom. The first-order valence-corrected chi connectivity index (χ1v) is 5.00. The molecule has 0 aliphatic heterocycles. The molecule has 80 valence electrons. The number of carbonyl (C=O) groups excluding carboxylic acids is 2. The number of hydrogen-bond donors (Lipinski definition) is 1. The molecule has 0 bridgehead atoms. The van der Waals surface area contributed by atoms with Crippen molar-refractivity contribution in [1.82, 2.24) is 5.32 Å². The van der Waals surface area contributed by atoms with E-state index in [1.165, 1.54) is 6.92 Å². The van der Waals surface area contributed by atoms with E-state index in [0.29, 0.717) is 18.9 Å². The van der Waals surface area contributed by atoms with Gasteiger partial charge in [-0.1, -0.05) is 26.3 Å². The van der Waals surface area contributed by atoms with Gasteiger partial charge >= 0.3 is 0 Å². The maximum absolute atomic E-state index is 11.3. The molecule has 1 N–H and O–H groups in total. The highest BCUT2D eigenvalue weighted by Gasteiger charge is 2.03. The van der Waals surface area contributed by atoms with Crippen LogP contribution in [0.25, 0.3) is 0 Å². The van der Waals surface area contributed by atoms with Crippen LogP contribution in [0.4, 0.5) is 0 Å². The summed E-state index contributed by atoms with van der Waals surface area (Å²) in [6.45, 7) is 6.01. The fourth-order valence-corrected chi connectivity index (χ4v) is 0.949. The Balaban J connectivity index is 3.66. The minimum atomic E-state index is -0.0796. The van der Waals surface area contributed by atoms with E-state index in [0.717, 1.165) is 6.42 Å². The lowest BCUT2D eigenvalue weighted by Crippen LogP contribution is -2.19. The average molecular weight is 197 g/mol. The Morgan fingerprint density at radius 1 is 1.43 bits per heavy atom. The number of amides is 1. The molecule has 14 heavy (non-hydrogen) atoms. The van der Waals surface area contributed by atoms with Crippen LogP contribution in [0, 0.1) is 5.92 Å². The zero-order valence-electron chi connectivity index (χ0n) is 9.17. The van der Waals surface area contributed by atoms with Gasteiger partial charge in [0, 0.05) is 19.9 Å². The highest BCUT2D eigenvalue weighted by molar-refractivity contribution is 5.89. The molecule has 0 aliphatic carbocycles. The van der Waals surface area contributed by atoms with Crippen molar-refractivity contribution in [2.24, 2.45) is 5.92 Å². The van der Waals surface area contributed by atoms with E-state index in [9.17, 15) is 9.59 Å². The summed E-state index contributed by atoms with van der Waals surface area (Å²) in [5, 5.41) is 2.59. The van der Waals surface area contributed by atoms with Gasteiger partial charge in [-0.25, -0.2) is 0 Å². The van der Waals surface area contributed by atoms with E-state index in [2.05, 4.69) is 19.2 Å². The van der Waals surface area contributed by atoms with Gasteiger partial charge in [-0.3, -0.25) is 9.59 Å². The van der Waals surface area contributed by atoms with Crippen molar-refractivity contribution in [3.8, 4) is 0 Å². The molecule has 0 aromatic heterocycles. The summed E-state index contributed by atoms with van der Waals surface area (Å²) in [4.78, 5) is 21.7. The van der Waals surface area contributed by atoms with Gasteiger partial charge in [0.15, 0.2) is 5.78 Å². The largest absolute Gasteiger partial charge is 0.353 e. The number of carbonyl (C=O) groups is 2. The van der Waals surface area contributed by atoms with E-state index in [1.807, 2.05) is 0 Å². The molecule has 0 saturated heterocycles. The SMILES string of the molecule is CCC(C)CC(=O)/C=C/CNC(C)=O. The van der Waals surface area contributed by atoms with Crippen LogP contribution in [-0.4, -0.2) is 18.2 Å². The summed E-state index contributed by atoms with van der Waals surface area (Å²) in [6, 6.07) is 0. The molecule has 3 heteroatoms. The molecule has 1 atom stereocenters. The molecular weight excluding hydrogens is 178 g/mol. The average Bonchev–Trinajstić information content (AvgIpc) is 2.12. The van der Waals surface area contributed by atoms with Gasteiger partial charge in [-0.05, 0) is 12.0 Å². The number of rotatable bonds is 6. The van der Waals surface area contributed by atoms with Crippen molar-refractivity contribution >= 4 is 11.7 Å². The molecule has 0 spiro atoms. The molecule has 0 saturated carbocycles. The first-order chi connectivity index (χ1) is 6.56. The lowest BCUT2D eigenvalue weighted by Gasteiger charge is -2.03. The molecule has 0 rings (SSSR count). The molecule has 0 fully saturated rings. The van der Waals surface area contributed by atoms with Crippen LogP contribution in [0.15, 0.2) is 12.2 Å². The number of ketones is 1. The van der Waals surface area contributed by atoms with Crippen molar-refractivity contribution in [3.05, 3.63) is 12.2 Å². The Morgan fingerprint density at radius 2 is 2.07 bits per heavy atom. The molecule has 0 aliphatic rings. The number of nitrogens with one attached hydrogen (secondary N) is 1. The quantitative estimate of drug-likeness (QED) is 0.658. The fraction of sp³-hybridized carbons (Fsp3) is 0.636. The van der Waals surface area contributed by atoms with Crippen molar-refractivity contribution in [2.45, 2.75) is 33.6 Å². The van der Waals surface area contributed by atoms with E-state index in [-0.39, 0.29) is 11.7 Å². The summed E-state index contributed by atoms with van der Waals surface area (Å²) in [6.07, 6.45) is 4.84. The van der Waals surface area contributed by atoms with Crippen LogP contribution >= 0.6 is 0 Å². The second kappa shape index (κ2) is 7.30. The second-order valence-corrected chi connectivity index (χ2v) is 3.52. The molecule has 0 heterocycles. The van der Waals surface area contributed by atoms with Crippen LogP contribution in [0.1, 0.15) is 33.6 Å². The van der Waals surface area contributed by atoms with Crippen LogP contribution in [0.2, 0.25) is 0 Å². The third-order valence-electron chi connectivity index (χ3n) is 2.02. The molecule has 1 amide bonds. The zero-order chi connectivity index (χ0) is 11.0. The zero-order valence-corrected chi connectivity index (χ0v) is 9.17. The predicted molar refractivity (Wildman–Crippen MR) is 56.9 cm³/mol. The van der Waals surface area contributed by atoms with Gasteiger partial charge in [-0.15, -0.1) is 0 Å². The van der Waals surface area contributed by atoms with Crippen LogP contribution in [0.3, 0.4) is 0 Å². The third-order valence-corrected chi connectivity index (χ3v) is 2.02. The van der Waals surface area contributed by atoms with Crippen molar-refractivity contribution < 1.29 is 9.59 Å². The highest BCUT2D eigenvalue weighted by atomic mass is 16.1. The first kappa shape index (κ1) is 12.9. The molecular formula is C11H19NO2. The maximum atomic E-state index is 11.3. The highest BCUT2D eigenvalue weighted by Crippen LogP contribution is 2.06. The fourth-order valence-electron chi connectivity index (χ4n) is 0.949. The van der Waals surface area contributed by atoms with Gasteiger partial charge in [0.25, 0.3) is 0 Å². The number of hydrogen-bond acceptors (Lipinski definition) is 2. The van der Waals surface area contributed by atoms with Crippen LogP contribution < -0.4 is 5.32 Å². The maximum Gasteiger partial charge on any atom is 0.217 e. The van der Waals surface area contributed by atoms with E-state index in [1.54, 1.807) is 12.2 Å². The summed E-state index contributed by atoms with van der Waals surface area (Å²) in [7, 11) is 0. The minimum absolute atomic E-state index is 0.0796. The molecule has 0 aromatic rings. The Hall–Kier alpha value is -1.12. The normalized spacial score (nSPS) is 12.8. The smallest absolute Gasteiger partial charge is 0.217 e. The monoisotopic (exact) mass is 197 g/mol. The standard InChI is InChI=1S/C11H19NO2/c1-4-9(2)8-11(14)6-5-7-12-10(3)13/h5-6,9H,4,7-8H2,1-3H3,(H,12,13)/b6-5+.